The molecule has 3 aromatic heterocycles. The first-order chi connectivity index (χ1) is 13.1. The molecule has 0 radical (unpaired) electrons. The van der Waals surface area contributed by atoms with E-state index in [1.54, 1.807) is 24.3 Å². The van der Waals surface area contributed by atoms with E-state index < -0.39 is 5.97 Å². The van der Waals surface area contributed by atoms with Gasteiger partial charge < -0.3 is 9.30 Å². The maximum Gasteiger partial charge on any atom is 0.338 e. The van der Waals surface area contributed by atoms with Gasteiger partial charge in [-0.25, -0.2) is 9.78 Å². The number of pyridine rings is 1. The molecule has 0 aliphatic carbocycles. The number of hydrogen-bond donors (Lipinski definition) is 0. The molecule has 0 amide bonds. The van der Waals surface area contributed by atoms with E-state index in [0.717, 1.165) is 11.4 Å². The summed E-state index contributed by atoms with van der Waals surface area (Å²) < 4.78 is 8.79. The number of ether oxygens (including phenoxy) is 1. The molecular formula is C21H17N3O3. The van der Waals surface area contributed by atoms with Gasteiger partial charge in [0.2, 0.25) is 0 Å². The molecule has 0 unspecified atom stereocenters. The number of hydrogen-bond acceptors (Lipinski definition) is 4. The van der Waals surface area contributed by atoms with Gasteiger partial charge in [-0.3, -0.25) is 9.20 Å². The summed E-state index contributed by atoms with van der Waals surface area (Å²) in [7, 11) is 0. The number of fused-ring (bicyclic) bond motifs is 1. The second kappa shape index (κ2) is 6.92. The van der Waals surface area contributed by atoms with Gasteiger partial charge in [0.25, 0.3) is 5.56 Å². The molecule has 0 bridgehead atoms. The third kappa shape index (κ3) is 3.37. The molecule has 4 aromatic rings. The van der Waals surface area contributed by atoms with Crippen molar-refractivity contribution < 1.29 is 9.53 Å². The first-order valence-electron chi connectivity index (χ1n) is 8.51. The lowest BCUT2D eigenvalue weighted by atomic mass is 10.2. The van der Waals surface area contributed by atoms with E-state index >= 15 is 0 Å². The summed E-state index contributed by atoms with van der Waals surface area (Å²) in [6, 6.07) is 17.8. The van der Waals surface area contributed by atoms with Crippen LogP contribution in [0, 0.1) is 6.92 Å². The number of carbonyl (C=O) groups is 1. The normalized spacial score (nSPS) is 10.9. The summed E-state index contributed by atoms with van der Waals surface area (Å²) >= 11 is 0. The first kappa shape index (κ1) is 16.8. The predicted octanol–water partition coefficient (Wildman–Crippen LogP) is 3.15. The van der Waals surface area contributed by atoms with Gasteiger partial charge in [0.15, 0.2) is 0 Å². The zero-order valence-electron chi connectivity index (χ0n) is 14.7. The third-order valence-corrected chi connectivity index (χ3v) is 4.27. The Morgan fingerprint density at radius 3 is 2.63 bits per heavy atom. The van der Waals surface area contributed by atoms with Crippen LogP contribution in [-0.4, -0.2) is 19.9 Å². The largest absolute Gasteiger partial charge is 0.456 e. The summed E-state index contributed by atoms with van der Waals surface area (Å²) in [6.07, 6.45) is 3.80. The second-order valence-electron chi connectivity index (χ2n) is 6.16. The molecule has 0 aliphatic heterocycles. The molecule has 0 atom stereocenters. The third-order valence-electron chi connectivity index (χ3n) is 4.27. The minimum Gasteiger partial charge on any atom is -0.456 e. The highest BCUT2D eigenvalue weighted by molar-refractivity contribution is 5.90. The highest BCUT2D eigenvalue weighted by Crippen LogP contribution is 2.13. The van der Waals surface area contributed by atoms with Gasteiger partial charge in [-0.15, -0.1) is 0 Å². The van der Waals surface area contributed by atoms with Crippen LogP contribution in [0.5, 0.6) is 0 Å². The number of benzene rings is 1. The molecule has 0 aliphatic rings. The molecule has 1 aromatic carbocycles. The van der Waals surface area contributed by atoms with Crippen molar-refractivity contribution in [1.82, 2.24) is 14.0 Å². The van der Waals surface area contributed by atoms with Gasteiger partial charge in [0.1, 0.15) is 12.3 Å². The maximum atomic E-state index is 12.4. The smallest absolute Gasteiger partial charge is 0.338 e. The Morgan fingerprint density at radius 1 is 1.04 bits per heavy atom. The summed E-state index contributed by atoms with van der Waals surface area (Å²) in [6.45, 7) is 1.78. The SMILES string of the molecule is Cc1cccc2nc(COC(=O)c3cccc(-n4cccc4)c3)cc(=O)n12. The molecule has 134 valence electrons. The fourth-order valence-corrected chi connectivity index (χ4v) is 2.96. The van der Waals surface area contributed by atoms with Crippen molar-refractivity contribution in [2.24, 2.45) is 0 Å². The molecule has 0 spiro atoms. The van der Waals surface area contributed by atoms with Crippen molar-refractivity contribution >= 4 is 11.6 Å². The van der Waals surface area contributed by atoms with Crippen LogP contribution in [0.2, 0.25) is 0 Å². The summed E-state index contributed by atoms with van der Waals surface area (Å²) in [5.41, 5.74) is 2.86. The zero-order chi connectivity index (χ0) is 18.8. The van der Waals surface area contributed by atoms with E-state index in [2.05, 4.69) is 4.98 Å². The van der Waals surface area contributed by atoms with E-state index in [-0.39, 0.29) is 12.2 Å². The minimum atomic E-state index is -0.463. The van der Waals surface area contributed by atoms with Crippen LogP contribution in [0.3, 0.4) is 0 Å². The number of aryl methyl sites for hydroxylation is 1. The van der Waals surface area contributed by atoms with Gasteiger partial charge in [-0.05, 0) is 49.4 Å². The van der Waals surface area contributed by atoms with Crippen LogP contribution in [0.25, 0.3) is 11.3 Å². The van der Waals surface area contributed by atoms with Crippen molar-refractivity contribution in [2.45, 2.75) is 13.5 Å². The van der Waals surface area contributed by atoms with Crippen LogP contribution in [0.4, 0.5) is 0 Å². The summed E-state index contributed by atoms with van der Waals surface area (Å²) in [4.78, 5) is 29.1. The van der Waals surface area contributed by atoms with Crippen molar-refractivity contribution in [3.05, 3.63) is 100 Å². The molecule has 0 saturated carbocycles. The average Bonchev–Trinajstić information content (AvgIpc) is 3.21. The Balaban J connectivity index is 1.54. The van der Waals surface area contributed by atoms with Crippen LogP contribution in [-0.2, 0) is 11.3 Å². The quantitative estimate of drug-likeness (QED) is 0.525. The van der Waals surface area contributed by atoms with Gasteiger partial charge >= 0.3 is 5.97 Å². The number of esters is 1. The number of aromatic nitrogens is 3. The van der Waals surface area contributed by atoms with Crippen LogP contribution in [0.15, 0.2) is 77.9 Å². The van der Waals surface area contributed by atoms with Crippen molar-refractivity contribution in [1.29, 1.82) is 0 Å². The van der Waals surface area contributed by atoms with Crippen LogP contribution < -0.4 is 5.56 Å². The molecular weight excluding hydrogens is 342 g/mol. The second-order valence-corrected chi connectivity index (χ2v) is 6.16. The Bertz CT molecular complexity index is 1180. The lowest BCUT2D eigenvalue weighted by Gasteiger charge is -2.09. The average molecular weight is 359 g/mol. The van der Waals surface area contributed by atoms with Crippen molar-refractivity contribution in [3.8, 4) is 5.69 Å². The number of rotatable bonds is 4. The maximum absolute atomic E-state index is 12.4. The van der Waals surface area contributed by atoms with Gasteiger partial charge in [-0.1, -0.05) is 12.1 Å². The standard InChI is InChI=1S/C21H17N3O3/c1-15-6-4-9-19-22-17(13-20(25)24(15)19)14-27-21(26)16-7-5-8-18(12-16)23-10-2-3-11-23/h2-13H,14H2,1H3. The molecule has 0 saturated heterocycles. The van der Waals surface area contributed by atoms with E-state index in [4.69, 9.17) is 4.74 Å². The Kier molecular flexibility index (Phi) is 4.30. The number of nitrogens with zero attached hydrogens (tertiary/aromatic N) is 3. The van der Waals surface area contributed by atoms with Crippen molar-refractivity contribution in [2.75, 3.05) is 0 Å². The molecule has 27 heavy (non-hydrogen) atoms. The lowest BCUT2D eigenvalue weighted by molar-refractivity contribution is 0.0467. The lowest BCUT2D eigenvalue weighted by Crippen LogP contribution is -2.18. The monoisotopic (exact) mass is 359 g/mol. The summed E-state index contributed by atoms with van der Waals surface area (Å²) in [5, 5.41) is 0. The van der Waals surface area contributed by atoms with Gasteiger partial charge in [-0.2, -0.15) is 0 Å². The van der Waals surface area contributed by atoms with Gasteiger partial charge in [0.05, 0.1) is 11.3 Å². The predicted molar refractivity (Wildman–Crippen MR) is 101 cm³/mol. The minimum absolute atomic E-state index is 0.0632. The molecule has 6 nitrogen and oxygen atoms in total. The molecule has 0 N–H and O–H groups in total. The Hall–Kier alpha value is -3.67. The molecule has 0 fully saturated rings. The highest BCUT2D eigenvalue weighted by atomic mass is 16.5. The van der Waals surface area contributed by atoms with E-state index in [0.29, 0.717) is 16.9 Å². The summed E-state index contributed by atoms with van der Waals surface area (Å²) in [5.74, 6) is -0.463. The van der Waals surface area contributed by atoms with E-state index in [1.807, 2.05) is 54.2 Å². The molecule has 3 heterocycles. The van der Waals surface area contributed by atoms with Gasteiger partial charge in [0, 0.05) is 29.8 Å². The Morgan fingerprint density at radius 2 is 1.81 bits per heavy atom. The van der Waals surface area contributed by atoms with E-state index in [1.165, 1.54) is 10.5 Å². The van der Waals surface area contributed by atoms with E-state index in [9.17, 15) is 9.59 Å². The molecule has 6 heteroatoms. The number of carbonyl (C=O) groups excluding carboxylic acids is 1. The van der Waals surface area contributed by atoms with Crippen LogP contribution in [0.1, 0.15) is 21.7 Å². The fourth-order valence-electron chi connectivity index (χ4n) is 2.96. The fraction of sp³-hybridized carbons (Fsp3) is 0.0952. The zero-order valence-corrected chi connectivity index (χ0v) is 14.7. The van der Waals surface area contributed by atoms with Crippen LogP contribution >= 0.6 is 0 Å². The highest BCUT2D eigenvalue weighted by Gasteiger charge is 2.11. The van der Waals surface area contributed by atoms with Crippen molar-refractivity contribution in [3.63, 3.8) is 0 Å². The Labute approximate surface area is 155 Å². The topological polar surface area (TPSA) is 65.6 Å². The molecule has 4 rings (SSSR count). The first-order valence-corrected chi connectivity index (χ1v) is 8.51.